The van der Waals surface area contributed by atoms with E-state index >= 15 is 0 Å². The zero-order valence-electron chi connectivity index (χ0n) is 10.8. The second kappa shape index (κ2) is 5.99. The number of rotatable bonds is 3. The van der Waals surface area contributed by atoms with Crippen molar-refractivity contribution < 1.29 is 0 Å². The molecule has 3 rings (SSSR count). The molecule has 21 heavy (non-hydrogen) atoms. The maximum atomic E-state index is 6.01. The standard InChI is InChI=1S/C14H10ClN5S/c15-12-5-1-4-11(7-12)13-18-19-14(21)20(13)17-9-10-3-2-6-16-8-10/h1-9H,(H,19,21)/b17-9+. The van der Waals surface area contributed by atoms with Crippen LogP contribution in [0.4, 0.5) is 0 Å². The third-order valence-corrected chi connectivity index (χ3v) is 3.24. The van der Waals surface area contributed by atoms with E-state index in [-0.39, 0.29) is 0 Å². The topological polar surface area (TPSA) is 58.9 Å². The Labute approximate surface area is 130 Å². The molecule has 0 unspecified atom stereocenters. The zero-order chi connectivity index (χ0) is 14.7. The fraction of sp³-hybridized carbons (Fsp3) is 0. The van der Waals surface area contributed by atoms with Crippen molar-refractivity contribution in [3.8, 4) is 11.4 Å². The lowest BCUT2D eigenvalue weighted by atomic mass is 10.2. The molecular formula is C14H10ClN5S. The summed E-state index contributed by atoms with van der Waals surface area (Å²) < 4.78 is 1.96. The summed E-state index contributed by atoms with van der Waals surface area (Å²) in [5.41, 5.74) is 1.70. The fourth-order valence-electron chi connectivity index (χ4n) is 1.79. The minimum Gasteiger partial charge on any atom is -0.264 e. The molecule has 0 amide bonds. The maximum absolute atomic E-state index is 6.01. The van der Waals surface area contributed by atoms with Crippen LogP contribution in [0.3, 0.4) is 0 Å². The molecule has 1 N–H and O–H groups in total. The zero-order valence-corrected chi connectivity index (χ0v) is 12.3. The van der Waals surface area contributed by atoms with Crippen molar-refractivity contribution in [3.05, 3.63) is 64.1 Å². The van der Waals surface area contributed by atoms with E-state index in [4.69, 9.17) is 23.8 Å². The molecule has 7 heteroatoms. The minimum absolute atomic E-state index is 0.408. The summed E-state index contributed by atoms with van der Waals surface area (Å²) in [6.45, 7) is 0. The van der Waals surface area contributed by atoms with Crippen LogP contribution in [-0.4, -0.2) is 26.1 Å². The summed E-state index contributed by atoms with van der Waals surface area (Å²) in [7, 11) is 0. The number of H-pyrrole nitrogens is 1. The molecule has 1 aromatic carbocycles. The Morgan fingerprint density at radius 3 is 2.95 bits per heavy atom. The first-order valence-electron chi connectivity index (χ1n) is 6.12. The van der Waals surface area contributed by atoms with Gasteiger partial charge < -0.3 is 0 Å². The molecule has 2 aromatic heterocycles. The minimum atomic E-state index is 0.408. The monoisotopic (exact) mass is 315 g/mol. The summed E-state index contributed by atoms with van der Waals surface area (Å²) >= 11 is 11.2. The highest BCUT2D eigenvalue weighted by Crippen LogP contribution is 2.21. The van der Waals surface area contributed by atoms with Gasteiger partial charge in [-0.05, 0) is 30.4 Å². The average molecular weight is 316 g/mol. The van der Waals surface area contributed by atoms with Gasteiger partial charge in [-0.3, -0.25) is 4.98 Å². The Balaban J connectivity index is 2.02. The van der Waals surface area contributed by atoms with Crippen molar-refractivity contribution >= 4 is 30.0 Å². The van der Waals surface area contributed by atoms with Crippen LogP contribution in [0, 0.1) is 4.77 Å². The highest BCUT2D eigenvalue weighted by molar-refractivity contribution is 7.71. The molecule has 0 fully saturated rings. The van der Waals surface area contributed by atoms with Gasteiger partial charge in [0.2, 0.25) is 4.77 Å². The molecular weight excluding hydrogens is 306 g/mol. The third-order valence-electron chi connectivity index (χ3n) is 2.74. The van der Waals surface area contributed by atoms with Gasteiger partial charge in [0, 0.05) is 28.5 Å². The highest BCUT2D eigenvalue weighted by Gasteiger charge is 2.08. The summed E-state index contributed by atoms with van der Waals surface area (Å²) in [5, 5.41) is 11.9. The van der Waals surface area contributed by atoms with E-state index in [1.165, 1.54) is 0 Å². The van der Waals surface area contributed by atoms with Crippen molar-refractivity contribution in [2.24, 2.45) is 5.10 Å². The molecule has 3 aromatic rings. The Morgan fingerprint density at radius 1 is 1.29 bits per heavy atom. The first kappa shape index (κ1) is 13.7. The van der Waals surface area contributed by atoms with Crippen LogP contribution in [-0.2, 0) is 0 Å². The molecule has 104 valence electrons. The molecule has 0 saturated carbocycles. The Bertz CT molecular complexity index is 838. The van der Waals surface area contributed by atoms with Crippen LogP contribution >= 0.6 is 23.8 Å². The average Bonchev–Trinajstić information content (AvgIpc) is 2.87. The lowest BCUT2D eigenvalue weighted by Crippen LogP contribution is -1.95. The third kappa shape index (κ3) is 3.07. The summed E-state index contributed by atoms with van der Waals surface area (Å²) in [5.74, 6) is 0.600. The number of hydrogen-bond acceptors (Lipinski definition) is 4. The van der Waals surface area contributed by atoms with E-state index in [0.717, 1.165) is 11.1 Å². The van der Waals surface area contributed by atoms with Crippen LogP contribution in [0.1, 0.15) is 5.56 Å². The predicted molar refractivity (Wildman–Crippen MR) is 85.1 cm³/mol. The van der Waals surface area contributed by atoms with E-state index in [1.807, 2.05) is 30.3 Å². The Kier molecular flexibility index (Phi) is 3.89. The van der Waals surface area contributed by atoms with Gasteiger partial charge in [0.15, 0.2) is 5.82 Å². The van der Waals surface area contributed by atoms with Crippen LogP contribution < -0.4 is 0 Å². The molecule has 0 aliphatic carbocycles. The number of hydrogen-bond donors (Lipinski definition) is 1. The summed E-state index contributed by atoms with van der Waals surface area (Å²) in [6.07, 6.45) is 5.09. The van der Waals surface area contributed by atoms with E-state index < -0.39 is 0 Å². The number of aromatic nitrogens is 4. The van der Waals surface area contributed by atoms with Gasteiger partial charge in [0.25, 0.3) is 0 Å². The molecule has 0 aliphatic rings. The van der Waals surface area contributed by atoms with Gasteiger partial charge in [0.1, 0.15) is 0 Å². The highest BCUT2D eigenvalue weighted by atomic mass is 35.5. The first-order chi connectivity index (χ1) is 10.2. The van der Waals surface area contributed by atoms with Crippen molar-refractivity contribution in [1.82, 2.24) is 19.9 Å². The van der Waals surface area contributed by atoms with Gasteiger partial charge >= 0.3 is 0 Å². The van der Waals surface area contributed by atoms with Gasteiger partial charge in [-0.15, -0.1) is 0 Å². The molecule has 0 bridgehead atoms. The first-order valence-corrected chi connectivity index (χ1v) is 6.90. The fourth-order valence-corrected chi connectivity index (χ4v) is 2.16. The number of nitrogens with one attached hydrogen (secondary N) is 1. The maximum Gasteiger partial charge on any atom is 0.216 e. The van der Waals surface area contributed by atoms with Gasteiger partial charge in [-0.25, -0.2) is 5.10 Å². The van der Waals surface area contributed by atoms with Gasteiger partial charge in [0.05, 0.1) is 6.21 Å². The molecule has 0 saturated heterocycles. The van der Waals surface area contributed by atoms with E-state index in [1.54, 1.807) is 29.4 Å². The smallest absolute Gasteiger partial charge is 0.216 e. The van der Waals surface area contributed by atoms with Crippen molar-refractivity contribution in [2.45, 2.75) is 0 Å². The molecule has 5 nitrogen and oxygen atoms in total. The normalized spacial score (nSPS) is 11.1. The summed E-state index contributed by atoms with van der Waals surface area (Å²) in [4.78, 5) is 4.03. The number of pyridine rings is 1. The lowest BCUT2D eigenvalue weighted by molar-refractivity contribution is 0.871. The number of aromatic amines is 1. The Morgan fingerprint density at radius 2 is 2.19 bits per heavy atom. The second-order valence-electron chi connectivity index (χ2n) is 4.21. The number of benzene rings is 1. The number of nitrogens with zero attached hydrogens (tertiary/aromatic N) is 4. The van der Waals surface area contributed by atoms with E-state index in [9.17, 15) is 0 Å². The molecule has 2 heterocycles. The van der Waals surface area contributed by atoms with Crippen LogP contribution in [0.2, 0.25) is 5.02 Å². The van der Waals surface area contributed by atoms with Crippen molar-refractivity contribution in [3.63, 3.8) is 0 Å². The van der Waals surface area contributed by atoms with Crippen molar-refractivity contribution in [1.29, 1.82) is 0 Å². The second-order valence-corrected chi connectivity index (χ2v) is 5.03. The molecule has 0 radical (unpaired) electrons. The van der Waals surface area contributed by atoms with Gasteiger partial charge in [-0.1, -0.05) is 29.8 Å². The largest absolute Gasteiger partial charge is 0.264 e. The quantitative estimate of drug-likeness (QED) is 0.594. The van der Waals surface area contributed by atoms with Crippen LogP contribution in [0.15, 0.2) is 53.9 Å². The van der Waals surface area contributed by atoms with Crippen LogP contribution in [0.25, 0.3) is 11.4 Å². The Hall–Kier alpha value is -2.31. The predicted octanol–water partition coefficient (Wildman–Crippen LogP) is 3.54. The molecule has 0 aliphatic heterocycles. The van der Waals surface area contributed by atoms with Gasteiger partial charge in [-0.2, -0.15) is 14.9 Å². The van der Waals surface area contributed by atoms with Crippen molar-refractivity contribution in [2.75, 3.05) is 0 Å². The SMILES string of the molecule is S=c1[nH]nc(-c2cccc(Cl)c2)n1/N=C/c1cccnc1. The molecule has 0 atom stereocenters. The van der Waals surface area contributed by atoms with E-state index in [0.29, 0.717) is 15.6 Å². The lowest BCUT2D eigenvalue weighted by Gasteiger charge is -2.01. The number of halogens is 1. The van der Waals surface area contributed by atoms with E-state index in [2.05, 4.69) is 20.3 Å². The van der Waals surface area contributed by atoms with Crippen LogP contribution in [0.5, 0.6) is 0 Å². The summed E-state index contributed by atoms with van der Waals surface area (Å²) in [6, 6.07) is 11.1. The molecule has 0 spiro atoms.